The highest BCUT2D eigenvalue weighted by Gasteiger charge is 2.21. The number of para-hydroxylation sites is 1. The molecule has 0 fully saturated rings. The fourth-order valence-corrected chi connectivity index (χ4v) is 3.27. The van der Waals surface area contributed by atoms with Crippen LogP contribution in [-0.4, -0.2) is 29.9 Å². The van der Waals surface area contributed by atoms with E-state index in [0.717, 1.165) is 11.5 Å². The van der Waals surface area contributed by atoms with Crippen LogP contribution in [-0.2, 0) is 4.79 Å². The molecule has 30 heavy (non-hydrogen) atoms. The third kappa shape index (κ3) is 6.39. The number of amides is 2. The van der Waals surface area contributed by atoms with Gasteiger partial charge in [-0.25, -0.2) is 0 Å². The van der Waals surface area contributed by atoms with E-state index in [1.807, 2.05) is 42.7 Å². The molecule has 0 bridgehead atoms. The van der Waals surface area contributed by atoms with Gasteiger partial charge in [-0.3, -0.25) is 9.59 Å². The van der Waals surface area contributed by atoms with Crippen molar-refractivity contribution in [1.82, 2.24) is 5.32 Å². The molecule has 6 heteroatoms. The van der Waals surface area contributed by atoms with Crippen molar-refractivity contribution in [2.75, 3.05) is 17.3 Å². The first-order chi connectivity index (χ1) is 14.7. The molecule has 0 aromatic heterocycles. The zero-order valence-electron chi connectivity index (χ0n) is 16.7. The molecular weight excluding hydrogens is 396 g/mol. The molecule has 5 nitrogen and oxygen atoms in total. The van der Waals surface area contributed by atoms with E-state index in [1.54, 1.807) is 60.3 Å². The molecule has 0 unspecified atom stereocenters. The molecule has 0 heterocycles. The lowest BCUT2D eigenvalue weighted by Crippen LogP contribution is -2.44. The highest BCUT2D eigenvalue weighted by atomic mass is 32.2. The summed E-state index contributed by atoms with van der Waals surface area (Å²) in [4.78, 5) is 25.3. The van der Waals surface area contributed by atoms with Gasteiger partial charge >= 0.3 is 0 Å². The maximum absolute atomic E-state index is 12.8. The molecule has 0 saturated carbocycles. The highest BCUT2D eigenvalue weighted by Crippen LogP contribution is 2.22. The van der Waals surface area contributed by atoms with Gasteiger partial charge in [-0.15, -0.1) is 0 Å². The Morgan fingerprint density at radius 3 is 2.10 bits per heavy atom. The Bertz CT molecular complexity index is 947. The second kappa shape index (κ2) is 11.1. The van der Waals surface area contributed by atoms with Crippen molar-refractivity contribution in [3.63, 3.8) is 0 Å². The zero-order valence-corrected chi connectivity index (χ0v) is 17.5. The zero-order chi connectivity index (χ0) is 21.2. The Kier molecular flexibility index (Phi) is 7.92. The van der Waals surface area contributed by atoms with Crippen molar-refractivity contribution in [1.29, 1.82) is 0 Å². The number of anilines is 1. The number of ether oxygens (including phenoxy) is 1. The maximum Gasteiger partial charge on any atom is 0.251 e. The molecule has 154 valence electrons. The average Bonchev–Trinajstić information content (AvgIpc) is 2.79. The largest absolute Gasteiger partial charge is 0.457 e. The number of hydrogen-bond donors (Lipinski definition) is 2. The molecule has 0 spiro atoms. The van der Waals surface area contributed by atoms with Gasteiger partial charge in [0.1, 0.15) is 17.5 Å². The van der Waals surface area contributed by atoms with E-state index in [1.165, 1.54) is 0 Å². The molecule has 0 aliphatic carbocycles. The van der Waals surface area contributed by atoms with Crippen molar-refractivity contribution >= 4 is 29.3 Å². The van der Waals surface area contributed by atoms with Crippen LogP contribution < -0.4 is 15.4 Å². The SMILES string of the molecule is CSCC[C@@H](NC(=O)c1ccccc1)C(=O)Nc1ccc(Oc2ccccc2)cc1. The summed E-state index contributed by atoms with van der Waals surface area (Å²) in [7, 11) is 0. The molecule has 3 aromatic carbocycles. The van der Waals surface area contributed by atoms with Crippen molar-refractivity contribution < 1.29 is 14.3 Å². The fraction of sp³-hybridized carbons (Fsp3) is 0.167. The lowest BCUT2D eigenvalue weighted by Gasteiger charge is -2.18. The first-order valence-electron chi connectivity index (χ1n) is 9.64. The van der Waals surface area contributed by atoms with Crippen molar-refractivity contribution in [3.8, 4) is 11.5 Å². The van der Waals surface area contributed by atoms with Crippen molar-refractivity contribution in [3.05, 3.63) is 90.5 Å². The molecule has 3 rings (SSSR count). The Labute approximate surface area is 180 Å². The molecular formula is C24H24N2O3S. The number of thioether (sulfide) groups is 1. The van der Waals surface area contributed by atoms with Crippen LogP contribution in [0, 0.1) is 0 Å². The Hall–Kier alpha value is -3.25. The minimum atomic E-state index is -0.620. The monoisotopic (exact) mass is 420 g/mol. The normalized spacial score (nSPS) is 11.4. The molecule has 0 radical (unpaired) electrons. The molecule has 2 amide bonds. The topological polar surface area (TPSA) is 67.4 Å². The minimum absolute atomic E-state index is 0.245. The van der Waals surface area contributed by atoms with Crippen LogP contribution in [0.15, 0.2) is 84.9 Å². The number of carbonyl (C=O) groups is 2. The molecule has 0 saturated heterocycles. The molecule has 0 aliphatic rings. The van der Waals surface area contributed by atoms with Crippen LogP contribution in [0.4, 0.5) is 5.69 Å². The van der Waals surface area contributed by atoms with E-state index < -0.39 is 6.04 Å². The van der Waals surface area contributed by atoms with E-state index in [2.05, 4.69) is 10.6 Å². The summed E-state index contributed by atoms with van der Waals surface area (Å²) >= 11 is 1.63. The second-order valence-corrected chi connectivity index (χ2v) is 7.59. The van der Waals surface area contributed by atoms with Gasteiger partial charge in [0.05, 0.1) is 0 Å². The van der Waals surface area contributed by atoms with Crippen molar-refractivity contribution in [2.45, 2.75) is 12.5 Å². The predicted octanol–water partition coefficient (Wildman–Crippen LogP) is 4.97. The first-order valence-corrected chi connectivity index (χ1v) is 11.0. The number of carbonyl (C=O) groups excluding carboxylic acids is 2. The quantitative estimate of drug-likeness (QED) is 0.513. The summed E-state index contributed by atoms with van der Waals surface area (Å²) in [5.74, 6) is 1.68. The highest BCUT2D eigenvalue weighted by molar-refractivity contribution is 7.98. The first kappa shape index (κ1) is 21.5. The van der Waals surface area contributed by atoms with Gasteiger partial charge in [0.15, 0.2) is 0 Å². The van der Waals surface area contributed by atoms with E-state index in [4.69, 9.17) is 4.74 Å². The molecule has 0 aliphatic heterocycles. The fourth-order valence-electron chi connectivity index (χ4n) is 2.80. The lowest BCUT2D eigenvalue weighted by molar-refractivity contribution is -0.118. The summed E-state index contributed by atoms with van der Waals surface area (Å²) < 4.78 is 5.77. The summed E-state index contributed by atoms with van der Waals surface area (Å²) in [6.07, 6.45) is 2.51. The Morgan fingerprint density at radius 1 is 0.867 bits per heavy atom. The number of nitrogens with one attached hydrogen (secondary N) is 2. The molecule has 2 N–H and O–H groups in total. The molecule has 1 atom stereocenters. The average molecular weight is 421 g/mol. The van der Waals surface area contributed by atoms with E-state index in [9.17, 15) is 9.59 Å². The summed E-state index contributed by atoms with van der Waals surface area (Å²) in [5, 5.41) is 5.72. The van der Waals surface area contributed by atoms with Gasteiger partial charge in [-0.2, -0.15) is 11.8 Å². The van der Waals surface area contributed by atoms with Gasteiger partial charge in [0.25, 0.3) is 5.91 Å². The standard InChI is InChI=1S/C24H24N2O3S/c1-30-17-16-22(26-23(27)18-8-4-2-5-9-18)24(28)25-19-12-14-21(15-13-19)29-20-10-6-3-7-11-20/h2-15,22H,16-17H2,1H3,(H,25,28)(H,26,27)/t22-/m1/s1. The van der Waals surface area contributed by atoms with Gasteiger partial charge in [-0.1, -0.05) is 36.4 Å². The summed E-state index contributed by atoms with van der Waals surface area (Å²) in [6.45, 7) is 0. The Balaban J connectivity index is 1.62. The third-order valence-electron chi connectivity index (χ3n) is 4.37. The van der Waals surface area contributed by atoms with Crippen LogP contribution in [0.1, 0.15) is 16.8 Å². The third-order valence-corrected chi connectivity index (χ3v) is 5.01. The number of rotatable bonds is 9. The Morgan fingerprint density at radius 2 is 1.47 bits per heavy atom. The van der Waals surface area contributed by atoms with Crippen molar-refractivity contribution in [2.24, 2.45) is 0 Å². The predicted molar refractivity (Wildman–Crippen MR) is 122 cm³/mol. The summed E-state index contributed by atoms with van der Waals surface area (Å²) in [6, 6.07) is 24.9. The minimum Gasteiger partial charge on any atom is -0.457 e. The van der Waals surface area contributed by atoms with Gasteiger partial charge in [-0.05, 0) is 67.0 Å². The molecule has 3 aromatic rings. The van der Waals surface area contributed by atoms with Gasteiger partial charge < -0.3 is 15.4 Å². The number of hydrogen-bond acceptors (Lipinski definition) is 4. The van der Waals surface area contributed by atoms with Gasteiger partial charge in [0, 0.05) is 11.3 Å². The van der Waals surface area contributed by atoms with E-state index in [0.29, 0.717) is 23.4 Å². The van der Waals surface area contributed by atoms with Crippen LogP contribution in [0.25, 0.3) is 0 Å². The van der Waals surface area contributed by atoms with E-state index >= 15 is 0 Å². The van der Waals surface area contributed by atoms with Crippen LogP contribution in [0.3, 0.4) is 0 Å². The maximum atomic E-state index is 12.8. The summed E-state index contributed by atoms with van der Waals surface area (Å²) in [5.41, 5.74) is 1.17. The van der Waals surface area contributed by atoms with Gasteiger partial charge in [0.2, 0.25) is 5.91 Å². The number of benzene rings is 3. The lowest BCUT2D eigenvalue weighted by atomic mass is 10.1. The van der Waals surface area contributed by atoms with Crippen LogP contribution in [0.2, 0.25) is 0 Å². The second-order valence-electron chi connectivity index (χ2n) is 6.60. The smallest absolute Gasteiger partial charge is 0.251 e. The van der Waals surface area contributed by atoms with Crippen LogP contribution >= 0.6 is 11.8 Å². The van der Waals surface area contributed by atoms with Crippen LogP contribution in [0.5, 0.6) is 11.5 Å². The van der Waals surface area contributed by atoms with E-state index in [-0.39, 0.29) is 11.8 Å².